The number of nitrogens with one attached hydrogen (secondary N) is 2. The number of rotatable bonds is 8. The molecule has 2 N–H and O–H groups in total. The van der Waals surface area contributed by atoms with Gasteiger partial charge in [0.15, 0.2) is 0 Å². The number of nitriles is 1. The van der Waals surface area contributed by atoms with Gasteiger partial charge in [0.25, 0.3) is 0 Å². The van der Waals surface area contributed by atoms with Crippen molar-refractivity contribution in [2.24, 2.45) is 5.92 Å². The molecule has 1 amide bonds. The van der Waals surface area contributed by atoms with Crippen LogP contribution in [-0.4, -0.2) is 17.5 Å². The molecule has 1 heterocycles. The van der Waals surface area contributed by atoms with E-state index < -0.39 is 5.54 Å². The van der Waals surface area contributed by atoms with Gasteiger partial charge >= 0.3 is 0 Å². The smallest absolute Gasteiger partial charge is 0.238 e. The summed E-state index contributed by atoms with van der Waals surface area (Å²) in [6, 6.07) is 12.1. The molecule has 142 valence electrons. The number of hydrogen-bond acceptors (Lipinski definition) is 4. The summed E-state index contributed by atoms with van der Waals surface area (Å²) in [4.78, 5) is 13.0. The summed E-state index contributed by atoms with van der Waals surface area (Å²) < 4.78 is 1.02. The third-order valence-electron chi connectivity index (χ3n) is 4.80. The van der Waals surface area contributed by atoms with Crippen molar-refractivity contribution in [3.63, 3.8) is 0 Å². The Morgan fingerprint density at radius 2 is 1.96 bits per heavy atom. The summed E-state index contributed by atoms with van der Waals surface area (Å²) in [6.07, 6.45) is 2.19. The largest absolute Gasteiger partial charge is 0.336 e. The van der Waals surface area contributed by atoms with Gasteiger partial charge in [-0.1, -0.05) is 41.9 Å². The molecule has 0 aliphatic heterocycles. The van der Waals surface area contributed by atoms with Crippen LogP contribution in [0.1, 0.15) is 50.3 Å². The average Bonchev–Trinajstić information content (AvgIpc) is 3.20. The van der Waals surface area contributed by atoms with Crippen molar-refractivity contribution in [1.82, 2.24) is 10.6 Å². The summed E-state index contributed by atoms with van der Waals surface area (Å²) in [6.45, 7) is 4.22. The Balaban J connectivity index is 1.84. The standard InChI is InChI=1S/C21H24BrN3OS/c1-14(2)11-18(20(26)25-21(13-23)8-9-21)24-19(16-7-10-27-12-16)15-3-5-17(22)6-4-15/h3-7,10,12,14,18-19,24H,8-9,11H2,1-2H3,(H,25,26)/t18?,19-/m0/s1. The quantitative estimate of drug-likeness (QED) is 0.614. The number of halogens is 1. The summed E-state index contributed by atoms with van der Waals surface area (Å²) in [5.41, 5.74) is 1.61. The van der Waals surface area contributed by atoms with Gasteiger partial charge in [-0.25, -0.2) is 0 Å². The lowest BCUT2D eigenvalue weighted by molar-refractivity contribution is -0.124. The van der Waals surface area contributed by atoms with Gasteiger partial charge in [0.1, 0.15) is 5.54 Å². The fourth-order valence-corrected chi connectivity index (χ4v) is 4.07. The molecule has 4 nitrogen and oxygen atoms in total. The molecule has 3 rings (SSSR count). The van der Waals surface area contributed by atoms with Gasteiger partial charge in [0.2, 0.25) is 5.91 Å². The lowest BCUT2D eigenvalue weighted by Crippen LogP contribution is -2.50. The second-order valence-corrected chi connectivity index (χ2v) is 9.27. The Morgan fingerprint density at radius 1 is 1.26 bits per heavy atom. The van der Waals surface area contributed by atoms with Crippen LogP contribution >= 0.6 is 27.3 Å². The first-order valence-corrected chi connectivity index (χ1v) is 10.9. The molecule has 0 spiro atoms. The molecule has 1 saturated carbocycles. The Hall–Kier alpha value is -1.68. The van der Waals surface area contributed by atoms with Crippen molar-refractivity contribution in [2.45, 2.75) is 50.7 Å². The van der Waals surface area contributed by atoms with E-state index in [1.54, 1.807) is 11.3 Å². The zero-order valence-corrected chi connectivity index (χ0v) is 17.9. The normalized spacial score (nSPS) is 17.1. The maximum atomic E-state index is 13.0. The molecule has 6 heteroatoms. The number of amides is 1. The van der Waals surface area contributed by atoms with Crippen molar-refractivity contribution >= 4 is 33.2 Å². The van der Waals surface area contributed by atoms with Gasteiger partial charge in [-0.15, -0.1) is 0 Å². The van der Waals surface area contributed by atoms with Crippen LogP contribution in [0, 0.1) is 17.2 Å². The SMILES string of the molecule is CC(C)CC(N[C@@H](c1ccc(Br)cc1)c1ccsc1)C(=O)NC1(C#N)CC1. The van der Waals surface area contributed by atoms with Gasteiger partial charge in [0, 0.05) is 4.47 Å². The summed E-state index contributed by atoms with van der Waals surface area (Å²) in [7, 11) is 0. The Morgan fingerprint density at radius 3 is 2.48 bits per heavy atom. The predicted octanol–water partition coefficient (Wildman–Crippen LogP) is 4.78. The minimum atomic E-state index is -0.649. The number of hydrogen-bond donors (Lipinski definition) is 2. The first-order chi connectivity index (χ1) is 12.9. The van der Waals surface area contributed by atoms with Gasteiger partial charge in [-0.3, -0.25) is 10.1 Å². The fraction of sp³-hybridized carbons (Fsp3) is 0.429. The summed E-state index contributed by atoms with van der Waals surface area (Å²) in [5.74, 6) is 0.277. The minimum absolute atomic E-state index is 0.0731. The molecule has 0 saturated heterocycles. The van der Waals surface area contributed by atoms with E-state index in [0.29, 0.717) is 12.3 Å². The maximum absolute atomic E-state index is 13.0. The Bertz CT molecular complexity index is 807. The number of benzene rings is 1. The summed E-state index contributed by atoms with van der Waals surface area (Å²) >= 11 is 5.13. The number of carbonyl (C=O) groups is 1. The van der Waals surface area contributed by atoms with Crippen LogP contribution in [0.25, 0.3) is 0 Å². The van der Waals surface area contributed by atoms with E-state index in [4.69, 9.17) is 0 Å². The highest BCUT2D eigenvalue weighted by molar-refractivity contribution is 9.10. The molecule has 2 atom stereocenters. The van der Waals surface area contributed by atoms with E-state index in [1.807, 2.05) is 12.1 Å². The Labute approximate surface area is 173 Å². The molecule has 1 aromatic carbocycles. The van der Waals surface area contributed by atoms with Crippen LogP contribution in [0.4, 0.5) is 0 Å². The second-order valence-electron chi connectivity index (χ2n) is 7.57. The zero-order valence-electron chi connectivity index (χ0n) is 15.5. The van der Waals surface area contributed by atoms with Crippen LogP contribution in [0.3, 0.4) is 0 Å². The highest BCUT2D eigenvalue weighted by atomic mass is 79.9. The van der Waals surface area contributed by atoms with Crippen molar-refractivity contribution < 1.29 is 4.79 Å². The molecule has 1 aliphatic carbocycles. The van der Waals surface area contributed by atoms with Crippen molar-refractivity contribution in [1.29, 1.82) is 5.26 Å². The molecular weight excluding hydrogens is 422 g/mol. The van der Waals surface area contributed by atoms with E-state index in [-0.39, 0.29) is 18.0 Å². The third kappa shape index (κ3) is 5.19. The van der Waals surface area contributed by atoms with Crippen molar-refractivity contribution in [3.05, 3.63) is 56.7 Å². The van der Waals surface area contributed by atoms with E-state index in [1.165, 1.54) is 0 Å². The van der Waals surface area contributed by atoms with Crippen LogP contribution < -0.4 is 10.6 Å². The molecule has 0 bridgehead atoms. The molecule has 1 aliphatic rings. The van der Waals surface area contributed by atoms with Crippen LogP contribution in [-0.2, 0) is 4.79 Å². The van der Waals surface area contributed by atoms with Crippen LogP contribution in [0.15, 0.2) is 45.6 Å². The van der Waals surface area contributed by atoms with Gasteiger partial charge in [-0.2, -0.15) is 16.6 Å². The predicted molar refractivity (Wildman–Crippen MR) is 112 cm³/mol. The van der Waals surface area contributed by atoms with Crippen molar-refractivity contribution in [3.8, 4) is 6.07 Å². The van der Waals surface area contributed by atoms with E-state index in [0.717, 1.165) is 28.4 Å². The highest BCUT2D eigenvalue weighted by Crippen LogP contribution is 2.34. The van der Waals surface area contributed by atoms with Crippen LogP contribution in [0.2, 0.25) is 0 Å². The lowest BCUT2D eigenvalue weighted by Gasteiger charge is -2.27. The van der Waals surface area contributed by atoms with E-state index in [2.05, 4.69) is 75.4 Å². The molecule has 1 aromatic heterocycles. The van der Waals surface area contributed by atoms with Crippen molar-refractivity contribution in [2.75, 3.05) is 0 Å². The van der Waals surface area contributed by atoms with Gasteiger partial charge < -0.3 is 5.32 Å². The number of nitrogens with zero attached hydrogens (tertiary/aromatic N) is 1. The van der Waals surface area contributed by atoms with E-state index >= 15 is 0 Å². The molecule has 27 heavy (non-hydrogen) atoms. The fourth-order valence-electron chi connectivity index (χ4n) is 3.12. The number of carbonyl (C=O) groups excluding carboxylic acids is 1. The molecule has 0 radical (unpaired) electrons. The molecular formula is C21H24BrN3OS. The third-order valence-corrected chi connectivity index (χ3v) is 6.03. The average molecular weight is 446 g/mol. The molecule has 1 unspecified atom stereocenters. The number of thiophene rings is 1. The molecule has 1 fully saturated rings. The van der Waals surface area contributed by atoms with Gasteiger partial charge in [0.05, 0.1) is 18.2 Å². The van der Waals surface area contributed by atoms with Gasteiger partial charge in [-0.05, 0) is 65.3 Å². The topological polar surface area (TPSA) is 64.9 Å². The monoisotopic (exact) mass is 445 g/mol. The summed E-state index contributed by atoms with van der Waals surface area (Å²) in [5, 5.41) is 20.0. The highest BCUT2D eigenvalue weighted by Gasteiger charge is 2.45. The maximum Gasteiger partial charge on any atom is 0.238 e. The minimum Gasteiger partial charge on any atom is -0.336 e. The Kier molecular flexibility index (Phi) is 6.36. The zero-order chi connectivity index (χ0) is 19.4. The first-order valence-electron chi connectivity index (χ1n) is 9.19. The molecule has 2 aromatic rings. The lowest BCUT2D eigenvalue weighted by atomic mass is 9.96. The first kappa shape index (κ1) is 20.1. The van der Waals surface area contributed by atoms with Crippen LogP contribution in [0.5, 0.6) is 0 Å². The second kappa shape index (κ2) is 8.55. The van der Waals surface area contributed by atoms with E-state index in [9.17, 15) is 10.1 Å².